The lowest BCUT2D eigenvalue weighted by Gasteiger charge is -2.13. The van der Waals surface area contributed by atoms with Gasteiger partial charge in [-0.2, -0.15) is 11.8 Å². The normalized spacial score (nSPS) is 12.8. The van der Waals surface area contributed by atoms with Crippen LogP contribution in [0.3, 0.4) is 0 Å². The molecule has 0 aliphatic rings. The third-order valence-electron chi connectivity index (χ3n) is 1.97. The largest absolute Gasteiger partial charge is 0.330 e. The van der Waals surface area contributed by atoms with Crippen molar-refractivity contribution >= 4 is 11.8 Å². The van der Waals surface area contributed by atoms with Crippen molar-refractivity contribution in [2.75, 3.05) is 18.6 Å². The van der Waals surface area contributed by atoms with E-state index in [1.807, 2.05) is 12.3 Å². The van der Waals surface area contributed by atoms with Gasteiger partial charge in [-0.05, 0) is 30.5 Å². The SMILES string of the molecule is CSCC(CN)c1cccc(F)c1. The summed E-state index contributed by atoms with van der Waals surface area (Å²) in [6.45, 7) is 0.574. The fourth-order valence-electron chi connectivity index (χ4n) is 1.26. The Bertz CT molecular complexity index is 265. The summed E-state index contributed by atoms with van der Waals surface area (Å²) < 4.78 is 12.9. The molecule has 0 amide bonds. The van der Waals surface area contributed by atoms with Gasteiger partial charge >= 0.3 is 0 Å². The van der Waals surface area contributed by atoms with Crippen molar-refractivity contribution in [3.63, 3.8) is 0 Å². The van der Waals surface area contributed by atoms with E-state index in [-0.39, 0.29) is 11.7 Å². The Morgan fingerprint density at radius 2 is 2.31 bits per heavy atom. The van der Waals surface area contributed by atoms with Gasteiger partial charge < -0.3 is 5.73 Å². The topological polar surface area (TPSA) is 26.0 Å². The second-order valence-corrected chi connectivity index (χ2v) is 3.85. The molecule has 72 valence electrons. The van der Waals surface area contributed by atoms with E-state index in [2.05, 4.69) is 0 Å². The van der Waals surface area contributed by atoms with Crippen LogP contribution in [-0.2, 0) is 0 Å². The van der Waals surface area contributed by atoms with Gasteiger partial charge in [-0.15, -0.1) is 0 Å². The quantitative estimate of drug-likeness (QED) is 0.804. The van der Waals surface area contributed by atoms with Gasteiger partial charge in [-0.25, -0.2) is 4.39 Å². The molecule has 1 aromatic rings. The van der Waals surface area contributed by atoms with Crippen molar-refractivity contribution < 1.29 is 4.39 Å². The van der Waals surface area contributed by atoms with Crippen molar-refractivity contribution in [2.24, 2.45) is 5.73 Å². The van der Waals surface area contributed by atoms with Crippen LogP contribution < -0.4 is 5.73 Å². The van der Waals surface area contributed by atoms with Crippen LogP contribution in [0.4, 0.5) is 4.39 Å². The molecule has 1 unspecified atom stereocenters. The Hall–Kier alpha value is -0.540. The number of thioether (sulfide) groups is 1. The minimum atomic E-state index is -0.183. The van der Waals surface area contributed by atoms with Gasteiger partial charge in [0.25, 0.3) is 0 Å². The van der Waals surface area contributed by atoms with E-state index in [1.54, 1.807) is 23.9 Å². The zero-order valence-electron chi connectivity index (χ0n) is 7.66. The first-order valence-electron chi connectivity index (χ1n) is 4.22. The van der Waals surface area contributed by atoms with Crippen molar-refractivity contribution in [2.45, 2.75) is 5.92 Å². The van der Waals surface area contributed by atoms with Gasteiger partial charge in [-0.3, -0.25) is 0 Å². The fourth-order valence-corrected chi connectivity index (χ4v) is 1.99. The first-order chi connectivity index (χ1) is 6.27. The zero-order chi connectivity index (χ0) is 9.68. The summed E-state index contributed by atoms with van der Waals surface area (Å²) in [6, 6.07) is 6.67. The average molecular weight is 199 g/mol. The monoisotopic (exact) mass is 199 g/mol. The molecule has 0 aromatic heterocycles. The Morgan fingerprint density at radius 1 is 1.54 bits per heavy atom. The van der Waals surface area contributed by atoms with Crippen LogP contribution >= 0.6 is 11.8 Å². The molecule has 0 heterocycles. The summed E-state index contributed by atoms with van der Waals surface area (Å²) in [6.07, 6.45) is 2.03. The number of halogens is 1. The maximum atomic E-state index is 12.9. The van der Waals surface area contributed by atoms with Gasteiger partial charge in [0, 0.05) is 11.7 Å². The van der Waals surface area contributed by atoms with E-state index in [4.69, 9.17) is 5.73 Å². The molecule has 0 fully saturated rings. The Morgan fingerprint density at radius 3 is 2.85 bits per heavy atom. The summed E-state index contributed by atoms with van der Waals surface area (Å²) in [5.41, 5.74) is 6.60. The van der Waals surface area contributed by atoms with E-state index < -0.39 is 0 Å². The van der Waals surface area contributed by atoms with Gasteiger partial charge in [0.05, 0.1) is 0 Å². The van der Waals surface area contributed by atoms with Gasteiger partial charge in [0.2, 0.25) is 0 Å². The summed E-state index contributed by atoms with van der Waals surface area (Å²) in [7, 11) is 0. The van der Waals surface area contributed by atoms with E-state index in [0.29, 0.717) is 6.54 Å². The van der Waals surface area contributed by atoms with Gasteiger partial charge in [0.15, 0.2) is 0 Å². The third-order valence-corrected chi connectivity index (χ3v) is 2.71. The smallest absolute Gasteiger partial charge is 0.123 e. The van der Waals surface area contributed by atoms with E-state index >= 15 is 0 Å². The number of nitrogens with two attached hydrogens (primary N) is 1. The van der Waals surface area contributed by atoms with Crippen LogP contribution in [0.2, 0.25) is 0 Å². The molecular formula is C10H14FNS. The van der Waals surface area contributed by atoms with Crippen molar-refractivity contribution in [3.8, 4) is 0 Å². The predicted molar refractivity (Wildman–Crippen MR) is 56.6 cm³/mol. The Labute approximate surface area is 82.5 Å². The molecule has 0 spiro atoms. The molecule has 0 saturated carbocycles. The molecular weight excluding hydrogens is 185 g/mol. The minimum absolute atomic E-state index is 0.183. The van der Waals surface area contributed by atoms with Crippen molar-refractivity contribution in [1.29, 1.82) is 0 Å². The first kappa shape index (κ1) is 10.5. The Balaban J connectivity index is 2.78. The maximum Gasteiger partial charge on any atom is 0.123 e. The average Bonchev–Trinajstić information content (AvgIpc) is 2.14. The third kappa shape index (κ3) is 3.01. The van der Waals surface area contributed by atoms with Gasteiger partial charge in [0.1, 0.15) is 5.82 Å². The lowest BCUT2D eigenvalue weighted by molar-refractivity contribution is 0.622. The van der Waals surface area contributed by atoms with Crippen molar-refractivity contribution in [3.05, 3.63) is 35.6 Å². The number of hydrogen-bond acceptors (Lipinski definition) is 2. The molecule has 2 N–H and O–H groups in total. The molecule has 0 saturated heterocycles. The van der Waals surface area contributed by atoms with E-state index in [0.717, 1.165) is 11.3 Å². The highest BCUT2D eigenvalue weighted by atomic mass is 32.2. The van der Waals surface area contributed by atoms with Gasteiger partial charge in [-0.1, -0.05) is 12.1 Å². The second-order valence-electron chi connectivity index (χ2n) is 2.94. The second kappa shape index (κ2) is 5.25. The van der Waals surface area contributed by atoms with E-state index in [9.17, 15) is 4.39 Å². The molecule has 0 aliphatic heterocycles. The van der Waals surface area contributed by atoms with Crippen LogP contribution in [0, 0.1) is 5.82 Å². The molecule has 3 heteroatoms. The molecule has 1 nitrogen and oxygen atoms in total. The first-order valence-corrected chi connectivity index (χ1v) is 5.61. The summed E-state index contributed by atoms with van der Waals surface area (Å²) >= 11 is 1.73. The maximum absolute atomic E-state index is 12.9. The minimum Gasteiger partial charge on any atom is -0.330 e. The van der Waals surface area contributed by atoms with Crippen LogP contribution in [-0.4, -0.2) is 18.6 Å². The fraction of sp³-hybridized carbons (Fsp3) is 0.400. The summed E-state index contributed by atoms with van der Waals surface area (Å²) in [5.74, 6) is 1.03. The molecule has 0 bridgehead atoms. The molecule has 1 aromatic carbocycles. The highest BCUT2D eigenvalue weighted by molar-refractivity contribution is 7.98. The molecule has 1 rings (SSSR count). The van der Waals surface area contributed by atoms with Crippen molar-refractivity contribution in [1.82, 2.24) is 0 Å². The highest BCUT2D eigenvalue weighted by Gasteiger charge is 2.08. The molecule has 13 heavy (non-hydrogen) atoms. The van der Waals surface area contributed by atoms with Crippen LogP contribution in [0.25, 0.3) is 0 Å². The van der Waals surface area contributed by atoms with Crippen LogP contribution in [0.1, 0.15) is 11.5 Å². The number of benzene rings is 1. The van der Waals surface area contributed by atoms with E-state index in [1.165, 1.54) is 6.07 Å². The molecule has 0 radical (unpaired) electrons. The molecule has 0 aliphatic carbocycles. The number of hydrogen-bond donors (Lipinski definition) is 1. The van der Waals surface area contributed by atoms with Crippen LogP contribution in [0.5, 0.6) is 0 Å². The van der Waals surface area contributed by atoms with Crippen LogP contribution in [0.15, 0.2) is 24.3 Å². The summed E-state index contributed by atoms with van der Waals surface area (Å²) in [5, 5.41) is 0. The lowest BCUT2D eigenvalue weighted by atomic mass is 10.0. The molecule has 1 atom stereocenters. The lowest BCUT2D eigenvalue weighted by Crippen LogP contribution is -2.14. The zero-order valence-corrected chi connectivity index (χ0v) is 8.48. The summed E-state index contributed by atoms with van der Waals surface area (Å²) in [4.78, 5) is 0. The number of rotatable bonds is 4. The standard InChI is InChI=1S/C10H14FNS/c1-13-7-9(6-12)8-3-2-4-10(11)5-8/h2-5,9H,6-7,12H2,1H3. The predicted octanol–water partition coefficient (Wildman–Crippen LogP) is 2.23. The Kier molecular flexibility index (Phi) is 4.25. The highest BCUT2D eigenvalue weighted by Crippen LogP contribution is 2.19.